The van der Waals surface area contributed by atoms with E-state index in [2.05, 4.69) is 11.9 Å². The van der Waals surface area contributed by atoms with Crippen LogP contribution in [0.3, 0.4) is 0 Å². The Balaban J connectivity index is 1.69. The minimum Gasteiger partial charge on any atom is -0.491 e. The Morgan fingerprint density at radius 2 is 1.68 bits per heavy atom. The highest BCUT2D eigenvalue weighted by atomic mass is 19.4. The first-order valence-corrected chi connectivity index (χ1v) is 13.6. The van der Waals surface area contributed by atoms with Crippen molar-refractivity contribution in [1.82, 2.24) is 19.4 Å². The number of rotatable bonds is 9. The van der Waals surface area contributed by atoms with Crippen molar-refractivity contribution in [2.24, 2.45) is 0 Å². The number of ether oxygens (including phenoxy) is 1. The Bertz CT molecular complexity index is 1320. The molecular weight excluding hydrogens is 550 g/mol. The summed E-state index contributed by atoms with van der Waals surface area (Å²) in [5.74, 6) is 0.0560. The molecule has 0 radical (unpaired) electrons. The van der Waals surface area contributed by atoms with Crippen molar-refractivity contribution in [2.45, 2.75) is 70.6 Å². The van der Waals surface area contributed by atoms with Gasteiger partial charge in [-0.3, -0.25) is 4.79 Å². The normalized spacial score (nSPS) is 16.9. The summed E-state index contributed by atoms with van der Waals surface area (Å²) < 4.78 is 85.9. The second kappa shape index (κ2) is 12.3. The molecule has 1 atom stereocenters. The van der Waals surface area contributed by atoms with E-state index in [-0.39, 0.29) is 22.6 Å². The Hall–Kier alpha value is -3.28. The van der Waals surface area contributed by atoms with Gasteiger partial charge in [0.05, 0.1) is 17.1 Å². The molecule has 224 valence electrons. The molecule has 3 aromatic rings. The van der Waals surface area contributed by atoms with Gasteiger partial charge in [-0.1, -0.05) is 18.6 Å². The largest absolute Gasteiger partial charge is 0.491 e. The highest BCUT2D eigenvalue weighted by molar-refractivity contribution is 5.97. The molecule has 1 amide bonds. The van der Waals surface area contributed by atoms with Crippen molar-refractivity contribution < 1.29 is 35.9 Å². The third kappa shape index (κ3) is 8.37. The summed E-state index contributed by atoms with van der Waals surface area (Å²) in [6.07, 6.45) is -6.34. The molecule has 0 aliphatic carbocycles. The third-order valence-electron chi connectivity index (χ3n) is 7.07. The van der Waals surface area contributed by atoms with Crippen LogP contribution in [-0.4, -0.2) is 76.4 Å². The molecule has 4 rings (SSSR count). The van der Waals surface area contributed by atoms with Gasteiger partial charge < -0.3 is 19.1 Å². The fourth-order valence-electron chi connectivity index (χ4n) is 5.19. The van der Waals surface area contributed by atoms with Gasteiger partial charge in [0, 0.05) is 24.6 Å². The lowest BCUT2D eigenvalue weighted by atomic mass is 10.0. The molecule has 1 fully saturated rings. The minimum atomic E-state index is -4.98. The topological polar surface area (TPSA) is 50.6 Å². The second-order valence-corrected chi connectivity index (χ2v) is 10.9. The fourth-order valence-corrected chi connectivity index (χ4v) is 5.19. The molecule has 2 aromatic carbocycles. The zero-order valence-corrected chi connectivity index (χ0v) is 23.2. The summed E-state index contributed by atoms with van der Waals surface area (Å²) in [6, 6.07) is 11.9. The fraction of sp³-hybridized carbons (Fsp3) is 0.517. The van der Waals surface area contributed by atoms with Crippen LogP contribution in [-0.2, 0) is 13.0 Å². The van der Waals surface area contributed by atoms with Gasteiger partial charge >= 0.3 is 12.4 Å². The Labute approximate surface area is 234 Å². The number of fused-ring (bicyclic) bond motifs is 1. The number of likely N-dealkylation sites (tertiary alicyclic amines) is 1. The first-order valence-electron chi connectivity index (χ1n) is 13.6. The van der Waals surface area contributed by atoms with Crippen LogP contribution in [0.2, 0.25) is 0 Å². The Morgan fingerprint density at radius 3 is 2.27 bits per heavy atom. The van der Waals surface area contributed by atoms with Crippen LogP contribution in [0.5, 0.6) is 5.75 Å². The summed E-state index contributed by atoms with van der Waals surface area (Å²) in [5.41, 5.74) is 1.66. The van der Waals surface area contributed by atoms with Crippen LogP contribution in [0.1, 0.15) is 54.9 Å². The van der Waals surface area contributed by atoms with Gasteiger partial charge in [-0.25, -0.2) is 4.98 Å². The lowest BCUT2D eigenvalue weighted by Crippen LogP contribution is -2.44. The first kappa shape index (κ1) is 30.7. The van der Waals surface area contributed by atoms with Gasteiger partial charge in [0.15, 0.2) is 0 Å². The SMILES string of the molecule is CC(C)Oc1ccc(Cc2nc3cc(C(=O)N(CC(F)(F)F)CC(F)(F)F)ccc3n2CC2CCCCN2C)cc1. The van der Waals surface area contributed by atoms with Crippen LogP contribution in [0.25, 0.3) is 11.0 Å². The zero-order valence-electron chi connectivity index (χ0n) is 23.2. The van der Waals surface area contributed by atoms with Crippen molar-refractivity contribution in [2.75, 3.05) is 26.7 Å². The number of nitrogens with zero attached hydrogens (tertiary/aromatic N) is 4. The average molecular weight is 585 g/mol. The predicted octanol–water partition coefficient (Wildman–Crippen LogP) is 6.47. The smallest absolute Gasteiger partial charge is 0.406 e. The number of benzene rings is 2. The molecule has 1 aromatic heterocycles. The van der Waals surface area contributed by atoms with Crippen LogP contribution in [0.15, 0.2) is 42.5 Å². The number of alkyl halides is 6. The molecule has 0 saturated carbocycles. The molecule has 6 nitrogen and oxygen atoms in total. The van der Waals surface area contributed by atoms with Crippen LogP contribution < -0.4 is 4.74 Å². The van der Waals surface area contributed by atoms with Gasteiger partial charge in [-0.15, -0.1) is 0 Å². The maximum Gasteiger partial charge on any atom is 0.406 e. The molecule has 1 aliphatic heterocycles. The number of carbonyl (C=O) groups excluding carboxylic acids is 1. The molecule has 12 heteroatoms. The van der Waals surface area contributed by atoms with E-state index in [0.29, 0.717) is 29.8 Å². The van der Waals surface area contributed by atoms with E-state index >= 15 is 0 Å². The van der Waals surface area contributed by atoms with Crippen LogP contribution >= 0.6 is 0 Å². The minimum absolute atomic E-state index is 0.0256. The average Bonchev–Trinajstić information content (AvgIpc) is 3.19. The monoisotopic (exact) mass is 584 g/mol. The van der Waals surface area contributed by atoms with E-state index in [0.717, 1.165) is 37.1 Å². The summed E-state index contributed by atoms with van der Waals surface area (Å²) in [7, 11) is 2.06. The van der Waals surface area contributed by atoms with Gasteiger partial charge in [0.2, 0.25) is 0 Å². The molecule has 1 saturated heterocycles. The number of piperidine rings is 1. The van der Waals surface area contributed by atoms with Crippen molar-refractivity contribution in [3.63, 3.8) is 0 Å². The number of amides is 1. The summed E-state index contributed by atoms with van der Waals surface area (Å²) in [4.78, 5) is 19.6. The van der Waals surface area contributed by atoms with Crippen molar-refractivity contribution in [1.29, 1.82) is 0 Å². The number of imidazole rings is 1. The number of aromatic nitrogens is 2. The van der Waals surface area contributed by atoms with Gasteiger partial charge in [0.1, 0.15) is 24.7 Å². The lowest BCUT2D eigenvalue weighted by molar-refractivity contribution is -0.171. The second-order valence-electron chi connectivity index (χ2n) is 10.9. The number of carbonyl (C=O) groups is 1. The van der Waals surface area contributed by atoms with Crippen molar-refractivity contribution in [3.8, 4) is 5.75 Å². The molecule has 41 heavy (non-hydrogen) atoms. The number of hydrogen-bond donors (Lipinski definition) is 0. The summed E-state index contributed by atoms with van der Waals surface area (Å²) in [6.45, 7) is 1.42. The van der Waals surface area contributed by atoms with Crippen molar-refractivity contribution in [3.05, 3.63) is 59.4 Å². The van der Waals surface area contributed by atoms with E-state index < -0.39 is 31.3 Å². The number of hydrogen-bond acceptors (Lipinski definition) is 4. The summed E-state index contributed by atoms with van der Waals surface area (Å²) in [5, 5.41) is 0. The molecular formula is C29H34F6N4O2. The highest BCUT2D eigenvalue weighted by Gasteiger charge is 2.40. The van der Waals surface area contributed by atoms with E-state index in [1.165, 1.54) is 12.1 Å². The predicted molar refractivity (Wildman–Crippen MR) is 143 cm³/mol. The quantitative estimate of drug-likeness (QED) is 0.271. The van der Waals surface area contributed by atoms with Crippen LogP contribution in [0.4, 0.5) is 26.3 Å². The third-order valence-corrected chi connectivity index (χ3v) is 7.07. The van der Waals surface area contributed by atoms with E-state index in [4.69, 9.17) is 9.72 Å². The number of halogens is 6. The molecule has 0 spiro atoms. The number of likely N-dealkylation sites (N-methyl/N-ethyl adjacent to an activating group) is 1. The first-order chi connectivity index (χ1) is 19.2. The molecule has 0 N–H and O–H groups in total. The summed E-state index contributed by atoms with van der Waals surface area (Å²) >= 11 is 0. The zero-order chi connectivity index (χ0) is 29.9. The maximum absolute atomic E-state index is 13.0. The maximum atomic E-state index is 13.0. The molecule has 1 aliphatic rings. The molecule has 1 unspecified atom stereocenters. The lowest BCUT2D eigenvalue weighted by Gasteiger charge is -2.33. The highest BCUT2D eigenvalue weighted by Crippen LogP contribution is 2.27. The van der Waals surface area contributed by atoms with Gasteiger partial charge in [-0.05, 0) is 76.2 Å². The van der Waals surface area contributed by atoms with Crippen LogP contribution in [0, 0.1) is 0 Å². The van der Waals surface area contributed by atoms with Crippen molar-refractivity contribution >= 4 is 16.9 Å². The van der Waals surface area contributed by atoms with E-state index in [1.54, 1.807) is 6.07 Å². The molecule has 2 heterocycles. The standard InChI is InChI=1S/C29H34F6N4O2/c1-19(2)41-23-10-7-20(8-11-23)14-26-36-24-15-21(27(40)38(17-28(30,31)32)18-29(33,34)35)9-12-25(24)39(26)16-22-6-4-5-13-37(22)3/h7-12,15,19,22H,4-6,13-14,16-18H2,1-3H3. The Morgan fingerprint density at radius 1 is 1.02 bits per heavy atom. The Kier molecular flexibility index (Phi) is 9.20. The molecule has 0 bridgehead atoms. The van der Waals surface area contributed by atoms with E-state index in [1.807, 2.05) is 42.7 Å². The van der Waals surface area contributed by atoms with Gasteiger partial charge in [0.25, 0.3) is 5.91 Å². The van der Waals surface area contributed by atoms with E-state index in [9.17, 15) is 31.1 Å². The van der Waals surface area contributed by atoms with Gasteiger partial charge in [-0.2, -0.15) is 26.3 Å².